The largest absolute Gasteiger partial charge is 0.341 e. The average Bonchev–Trinajstić information content (AvgIpc) is 2.74. The molecule has 2 aliphatic heterocycles. The van der Waals surface area contributed by atoms with E-state index in [9.17, 15) is 14.4 Å². The van der Waals surface area contributed by atoms with Crippen LogP contribution in [0.2, 0.25) is 0 Å². The highest BCUT2D eigenvalue weighted by molar-refractivity contribution is 6.22. The molecule has 1 aromatic carbocycles. The highest BCUT2D eigenvalue weighted by Crippen LogP contribution is 2.25. The zero-order chi connectivity index (χ0) is 15.7. The van der Waals surface area contributed by atoms with Gasteiger partial charge in [0.1, 0.15) is 6.04 Å². The molecule has 1 unspecified atom stereocenters. The van der Waals surface area contributed by atoms with Crippen molar-refractivity contribution in [3.8, 4) is 0 Å². The highest BCUT2D eigenvalue weighted by atomic mass is 16.2. The molecule has 2 aliphatic rings. The van der Waals surface area contributed by atoms with Gasteiger partial charge in [-0.2, -0.15) is 0 Å². The average molecular weight is 300 g/mol. The molecule has 1 atom stereocenters. The first-order valence-corrected chi connectivity index (χ1v) is 7.87. The molecule has 5 nitrogen and oxygen atoms in total. The van der Waals surface area contributed by atoms with Crippen molar-refractivity contribution in [1.29, 1.82) is 0 Å². The van der Waals surface area contributed by atoms with Gasteiger partial charge in [0.2, 0.25) is 5.91 Å². The zero-order valence-electron chi connectivity index (χ0n) is 12.7. The lowest BCUT2D eigenvalue weighted by Crippen LogP contribution is -2.49. The second-order valence-electron chi connectivity index (χ2n) is 5.94. The number of imide groups is 1. The number of likely N-dealkylation sites (tertiary alicyclic amines) is 1. The van der Waals surface area contributed by atoms with Crippen molar-refractivity contribution in [2.24, 2.45) is 0 Å². The number of nitrogens with zero attached hydrogens (tertiary/aromatic N) is 2. The fourth-order valence-electron chi connectivity index (χ4n) is 3.23. The van der Waals surface area contributed by atoms with Crippen LogP contribution >= 0.6 is 0 Å². The van der Waals surface area contributed by atoms with Gasteiger partial charge in [-0.1, -0.05) is 25.0 Å². The van der Waals surface area contributed by atoms with E-state index in [4.69, 9.17) is 0 Å². The van der Waals surface area contributed by atoms with E-state index < -0.39 is 6.04 Å². The summed E-state index contributed by atoms with van der Waals surface area (Å²) in [7, 11) is 0. The molecule has 0 saturated carbocycles. The summed E-state index contributed by atoms with van der Waals surface area (Å²) in [4.78, 5) is 40.4. The van der Waals surface area contributed by atoms with E-state index in [1.54, 1.807) is 36.1 Å². The van der Waals surface area contributed by atoms with Gasteiger partial charge in [-0.15, -0.1) is 0 Å². The number of rotatable bonds is 2. The van der Waals surface area contributed by atoms with Crippen LogP contribution in [0.15, 0.2) is 24.3 Å². The molecule has 3 rings (SSSR count). The first-order chi connectivity index (χ1) is 10.6. The van der Waals surface area contributed by atoms with Crippen LogP contribution in [0, 0.1) is 0 Å². The minimum Gasteiger partial charge on any atom is -0.341 e. The monoisotopic (exact) mass is 300 g/mol. The molecular weight excluding hydrogens is 280 g/mol. The zero-order valence-corrected chi connectivity index (χ0v) is 12.7. The van der Waals surface area contributed by atoms with Crippen molar-refractivity contribution < 1.29 is 14.4 Å². The Bertz CT molecular complexity index is 583. The molecule has 0 N–H and O–H groups in total. The number of amides is 3. The van der Waals surface area contributed by atoms with Crippen molar-refractivity contribution >= 4 is 17.7 Å². The van der Waals surface area contributed by atoms with E-state index >= 15 is 0 Å². The Hall–Kier alpha value is -2.17. The molecule has 1 aromatic rings. The number of hydrogen-bond acceptors (Lipinski definition) is 3. The lowest BCUT2D eigenvalue weighted by molar-refractivity contribution is -0.134. The normalized spacial score (nSPS) is 19.9. The maximum Gasteiger partial charge on any atom is 0.262 e. The summed E-state index contributed by atoms with van der Waals surface area (Å²) in [5.41, 5.74) is 0.783. The van der Waals surface area contributed by atoms with Crippen molar-refractivity contribution in [3.63, 3.8) is 0 Å². The summed E-state index contributed by atoms with van der Waals surface area (Å²) in [6.45, 7) is 3.08. The maximum absolute atomic E-state index is 12.7. The van der Waals surface area contributed by atoms with Crippen molar-refractivity contribution in [2.45, 2.75) is 38.6 Å². The summed E-state index contributed by atoms with van der Waals surface area (Å²) >= 11 is 0. The Labute approximate surface area is 129 Å². The SMILES string of the molecule is CC(C(=O)N1CCCCCC1)N1C(=O)c2ccccc2C1=O. The second-order valence-corrected chi connectivity index (χ2v) is 5.94. The fraction of sp³-hybridized carbons (Fsp3) is 0.471. The first-order valence-electron chi connectivity index (χ1n) is 7.87. The van der Waals surface area contributed by atoms with Crippen LogP contribution in [0.3, 0.4) is 0 Å². The maximum atomic E-state index is 12.7. The summed E-state index contributed by atoms with van der Waals surface area (Å²) in [5, 5.41) is 0. The van der Waals surface area contributed by atoms with Crippen LogP contribution in [0.4, 0.5) is 0 Å². The molecule has 1 saturated heterocycles. The Morgan fingerprint density at radius 1 is 0.955 bits per heavy atom. The molecule has 116 valence electrons. The van der Waals surface area contributed by atoms with Crippen molar-refractivity contribution in [2.75, 3.05) is 13.1 Å². The number of benzene rings is 1. The predicted octanol–water partition coefficient (Wildman–Crippen LogP) is 2.07. The third kappa shape index (κ3) is 2.40. The smallest absolute Gasteiger partial charge is 0.262 e. The minimum atomic E-state index is -0.745. The van der Waals surface area contributed by atoms with Gasteiger partial charge >= 0.3 is 0 Å². The lowest BCUT2D eigenvalue weighted by atomic mass is 10.1. The molecule has 2 heterocycles. The quantitative estimate of drug-likeness (QED) is 0.786. The van der Waals surface area contributed by atoms with Gasteiger partial charge < -0.3 is 4.90 Å². The van der Waals surface area contributed by atoms with E-state index in [0.717, 1.165) is 30.6 Å². The summed E-state index contributed by atoms with van der Waals surface area (Å²) in [6.07, 6.45) is 4.23. The van der Waals surface area contributed by atoms with Crippen LogP contribution in [-0.4, -0.2) is 46.7 Å². The van der Waals surface area contributed by atoms with E-state index in [1.165, 1.54) is 0 Å². The molecule has 1 fully saturated rings. The summed E-state index contributed by atoms with van der Waals surface area (Å²) < 4.78 is 0. The van der Waals surface area contributed by atoms with Crippen molar-refractivity contribution in [3.05, 3.63) is 35.4 Å². The Balaban J connectivity index is 1.81. The molecule has 0 spiro atoms. The van der Waals surface area contributed by atoms with Gasteiger partial charge in [0.05, 0.1) is 11.1 Å². The number of carbonyl (C=O) groups is 3. The Kier molecular flexibility index (Phi) is 3.96. The van der Waals surface area contributed by atoms with Gasteiger partial charge in [-0.25, -0.2) is 0 Å². The van der Waals surface area contributed by atoms with Crippen LogP contribution in [0.25, 0.3) is 0 Å². The Morgan fingerprint density at radius 3 is 1.95 bits per heavy atom. The predicted molar refractivity (Wildman–Crippen MR) is 81.5 cm³/mol. The van der Waals surface area contributed by atoms with Crippen LogP contribution < -0.4 is 0 Å². The van der Waals surface area contributed by atoms with Crippen LogP contribution in [0.1, 0.15) is 53.3 Å². The number of carbonyl (C=O) groups excluding carboxylic acids is 3. The molecule has 0 bridgehead atoms. The summed E-state index contributed by atoms with van der Waals surface area (Å²) in [6, 6.07) is 5.99. The summed E-state index contributed by atoms with van der Waals surface area (Å²) in [5.74, 6) is -0.857. The van der Waals surface area contributed by atoms with Crippen LogP contribution in [0.5, 0.6) is 0 Å². The molecule has 0 aromatic heterocycles. The molecule has 3 amide bonds. The molecular formula is C17H20N2O3. The fourth-order valence-corrected chi connectivity index (χ4v) is 3.23. The second kappa shape index (κ2) is 5.91. The minimum absolute atomic E-state index is 0.128. The molecule has 5 heteroatoms. The topological polar surface area (TPSA) is 57.7 Å². The van der Waals surface area contributed by atoms with Gasteiger partial charge in [0, 0.05) is 13.1 Å². The standard InChI is InChI=1S/C17H20N2O3/c1-12(15(20)18-10-6-2-3-7-11-18)19-16(21)13-8-4-5-9-14(13)17(19)22/h4-5,8-9,12H,2-3,6-7,10-11H2,1H3. The molecule has 0 aliphatic carbocycles. The van der Waals surface area contributed by atoms with E-state index in [0.29, 0.717) is 24.2 Å². The van der Waals surface area contributed by atoms with E-state index in [1.807, 2.05) is 0 Å². The third-order valence-corrected chi connectivity index (χ3v) is 4.49. The number of fused-ring (bicyclic) bond motifs is 1. The molecule has 0 radical (unpaired) electrons. The van der Waals surface area contributed by atoms with Gasteiger partial charge in [0.25, 0.3) is 11.8 Å². The lowest BCUT2D eigenvalue weighted by Gasteiger charge is -2.28. The van der Waals surface area contributed by atoms with Gasteiger partial charge in [0.15, 0.2) is 0 Å². The van der Waals surface area contributed by atoms with Gasteiger partial charge in [-0.3, -0.25) is 19.3 Å². The highest BCUT2D eigenvalue weighted by Gasteiger charge is 2.41. The van der Waals surface area contributed by atoms with E-state index in [-0.39, 0.29) is 17.7 Å². The van der Waals surface area contributed by atoms with E-state index in [2.05, 4.69) is 0 Å². The van der Waals surface area contributed by atoms with Gasteiger partial charge in [-0.05, 0) is 31.9 Å². The van der Waals surface area contributed by atoms with Crippen LogP contribution in [-0.2, 0) is 4.79 Å². The van der Waals surface area contributed by atoms with Crippen molar-refractivity contribution in [1.82, 2.24) is 9.80 Å². The molecule has 22 heavy (non-hydrogen) atoms. The third-order valence-electron chi connectivity index (χ3n) is 4.49. The first kappa shape index (κ1) is 14.8. The Morgan fingerprint density at radius 2 is 1.45 bits per heavy atom. The number of hydrogen-bond donors (Lipinski definition) is 0.